The highest BCUT2D eigenvalue weighted by atomic mass is 16.7. The highest BCUT2D eigenvalue weighted by Gasteiger charge is 2.37. The number of carbonyl (C=O) groups is 1. The van der Waals surface area contributed by atoms with Crippen LogP contribution in [0.15, 0.2) is 35.9 Å². The minimum absolute atomic E-state index is 0.0119. The Morgan fingerprint density at radius 1 is 1.02 bits per heavy atom. The van der Waals surface area contributed by atoms with E-state index < -0.39 is 41.9 Å². The Labute approximate surface area is 262 Å². The van der Waals surface area contributed by atoms with Crippen LogP contribution in [0.25, 0.3) is 0 Å². The molecule has 44 heavy (non-hydrogen) atoms. The second kappa shape index (κ2) is 20.2. The van der Waals surface area contributed by atoms with Gasteiger partial charge in [0.1, 0.15) is 32.6 Å². The summed E-state index contributed by atoms with van der Waals surface area (Å²) in [6, 6.07) is 7.77. The van der Waals surface area contributed by atoms with Crippen LogP contribution in [-0.4, -0.2) is 108 Å². The number of esters is 1. The molecular formula is C33H54O11. The number of ether oxygens (including phenoxy) is 8. The van der Waals surface area contributed by atoms with Gasteiger partial charge in [0.05, 0.1) is 32.0 Å². The third-order valence-electron chi connectivity index (χ3n) is 7.98. The second-order valence-electron chi connectivity index (χ2n) is 11.8. The molecule has 1 heterocycles. The normalized spacial score (nSPS) is 25.7. The lowest BCUT2D eigenvalue weighted by Gasteiger charge is -2.35. The molecule has 1 aromatic rings. The predicted molar refractivity (Wildman–Crippen MR) is 164 cm³/mol. The average molecular weight is 627 g/mol. The van der Waals surface area contributed by atoms with E-state index in [1.165, 1.54) is 14.2 Å². The summed E-state index contributed by atoms with van der Waals surface area (Å²) in [7, 11) is 4.58. The smallest absolute Gasteiger partial charge is 0.338 e. The van der Waals surface area contributed by atoms with Crippen LogP contribution in [0.2, 0.25) is 0 Å². The molecular weight excluding hydrogens is 572 g/mol. The van der Waals surface area contributed by atoms with Gasteiger partial charge >= 0.3 is 5.97 Å². The molecule has 11 heteroatoms. The fourth-order valence-corrected chi connectivity index (χ4v) is 5.05. The lowest BCUT2D eigenvalue weighted by Crippen LogP contribution is -2.44. The van der Waals surface area contributed by atoms with Crippen LogP contribution in [0.5, 0.6) is 0 Å². The summed E-state index contributed by atoms with van der Waals surface area (Å²) in [5.74, 6) is -0.643. The van der Waals surface area contributed by atoms with Gasteiger partial charge in [-0.3, -0.25) is 0 Å². The number of carbonyl (C=O) groups excluding carboxylic acids is 1. The molecule has 11 nitrogen and oxygen atoms in total. The minimum Gasteiger partial charge on any atom is -0.456 e. The van der Waals surface area contributed by atoms with Crippen molar-refractivity contribution in [3.05, 3.63) is 47.0 Å². The summed E-state index contributed by atoms with van der Waals surface area (Å²) in [6.07, 6.45) is -1.25. The van der Waals surface area contributed by atoms with Crippen molar-refractivity contribution < 1.29 is 52.9 Å². The van der Waals surface area contributed by atoms with Crippen LogP contribution in [0.3, 0.4) is 0 Å². The lowest BCUT2D eigenvalue weighted by atomic mass is 9.76. The van der Waals surface area contributed by atoms with Gasteiger partial charge in [-0.2, -0.15) is 0 Å². The molecule has 2 bridgehead atoms. The molecule has 0 aliphatic carbocycles. The van der Waals surface area contributed by atoms with Gasteiger partial charge in [-0.05, 0) is 30.0 Å². The maximum Gasteiger partial charge on any atom is 0.338 e. The van der Waals surface area contributed by atoms with Crippen molar-refractivity contribution in [1.82, 2.24) is 0 Å². The number of hydrogen-bond acceptors (Lipinski definition) is 11. The molecule has 0 fully saturated rings. The van der Waals surface area contributed by atoms with Gasteiger partial charge in [-0.15, -0.1) is 0 Å². The molecule has 1 aliphatic heterocycles. The number of benzene rings is 1. The summed E-state index contributed by atoms with van der Waals surface area (Å²) >= 11 is 0. The van der Waals surface area contributed by atoms with Crippen LogP contribution < -0.4 is 0 Å². The van der Waals surface area contributed by atoms with Crippen LogP contribution in [0.4, 0.5) is 0 Å². The van der Waals surface area contributed by atoms with E-state index in [4.69, 9.17) is 37.9 Å². The fraction of sp³-hybridized carbons (Fsp3) is 0.727. The van der Waals surface area contributed by atoms with Crippen LogP contribution in [0.1, 0.15) is 58.1 Å². The van der Waals surface area contributed by atoms with Gasteiger partial charge < -0.3 is 48.1 Å². The van der Waals surface area contributed by atoms with Crippen LogP contribution in [0, 0.1) is 5.92 Å². The van der Waals surface area contributed by atoms with Gasteiger partial charge in [0.25, 0.3) is 0 Å². The molecule has 252 valence electrons. The minimum atomic E-state index is -1.14. The molecule has 1 aliphatic rings. The summed E-state index contributed by atoms with van der Waals surface area (Å²) in [6.45, 7) is 9.05. The van der Waals surface area contributed by atoms with Gasteiger partial charge in [0.2, 0.25) is 0 Å². The van der Waals surface area contributed by atoms with Crippen molar-refractivity contribution in [2.75, 3.05) is 61.5 Å². The van der Waals surface area contributed by atoms with Crippen molar-refractivity contribution in [3.63, 3.8) is 0 Å². The zero-order valence-corrected chi connectivity index (χ0v) is 27.5. The summed E-state index contributed by atoms with van der Waals surface area (Å²) < 4.78 is 44.3. The number of cyclic esters (lactones) is 1. The largest absolute Gasteiger partial charge is 0.456 e. The van der Waals surface area contributed by atoms with Crippen LogP contribution in [-0.2, 0) is 54.5 Å². The van der Waals surface area contributed by atoms with Gasteiger partial charge in [0, 0.05) is 51.9 Å². The monoisotopic (exact) mass is 626 g/mol. The van der Waals surface area contributed by atoms with Gasteiger partial charge in [-0.25, -0.2) is 4.79 Å². The van der Waals surface area contributed by atoms with Crippen molar-refractivity contribution in [2.45, 2.75) is 89.3 Å². The Balaban J connectivity index is 2.43. The predicted octanol–water partition coefficient (Wildman–Crippen LogP) is 3.52. The van der Waals surface area contributed by atoms with Crippen molar-refractivity contribution in [3.8, 4) is 0 Å². The number of methoxy groups -OCH3 is 3. The first-order valence-electron chi connectivity index (χ1n) is 15.3. The third kappa shape index (κ3) is 12.5. The standard InChI is InChI=1S/C33H54O11/c1-8-24(19-41-22-40-13-12-37-5)14-23(2)28-17-27(34)18-30(35)33(3,4)26-11-9-10-25(15-26)16-29(42-20-38-6)31(32(36)44-28)43-21-39-7/h9-11,14-15,24,27-31,34-35H,8,12-13,16-22H2,1-7H3/b23-14-/t24?,27-,28?,29-,30+,31+/m1/s1. The van der Waals surface area contributed by atoms with Crippen molar-refractivity contribution in [2.24, 2.45) is 5.92 Å². The molecule has 2 unspecified atom stereocenters. The van der Waals surface area contributed by atoms with E-state index >= 15 is 0 Å². The second-order valence-corrected chi connectivity index (χ2v) is 11.8. The number of hydrogen-bond donors (Lipinski definition) is 2. The number of fused-ring (bicyclic) bond motifs is 2. The Hall–Kier alpha value is -1.93. The molecule has 0 saturated carbocycles. The fourth-order valence-electron chi connectivity index (χ4n) is 5.05. The molecule has 0 saturated heterocycles. The summed E-state index contributed by atoms with van der Waals surface area (Å²) in [5, 5.41) is 22.5. The molecule has 0 aromatic heterocycles. The molecule has 0 radical (unpaired) electrons. The van der Waals surface area contributed by atoms with E-state index in [0.29, 0.717) is 26.2 Å². The maximum atomic E-state index is 13.8. The van der Waals surface area contributed by atoms with Gasteiger partial charge in [0.15, 0.2) is 6.10 Å². The first kappa shape index (κ1) is 38.3. The molecule has 1 aromatic carbocycles. The number of aliphatic hydroxyl groups is 2. The van der Waals surface area contributed by atoms with E-state index in [0.717, 1.165) is 23.1 Å². The topological polar surface area (TPSA) is 131 Å². The molecule has 2 N–H and O–H groups in total. The quantitative estimate of drug-likeness (QED) is 0.121. The zero-order chi connectivity index (χ0) is 32.5. The van der Waals surface area contributed by atoms with Crippen LogP contribution >= 0.6 is 0 Å². The van der Waals surface area contributed by atoms with Gasteiger partial charge in [-0.1, -0.05) is 51.1 Å². The first-order valence-corrected chi connectivity index (χ1v) is 15.3. The molecule has 2 rings (SSSR count). The zero-order valence-electron chi connectivity index (χ0n) is 27.5. The van der Waals surface area contributed by atoms with Crippen molar-refractivity contribution >= 4 is 5.97 Å². The Morgan fingerprint density at radius 3 is 2.43 bits per heavy atom. The number of rotatable bonds is 16. The van der Waals surface area contributed by atoms with E-state index in [2.05, 4.69) is 0 Å². The van der Waals surface area contributed by atoms with E-state index in [-0.39, 0.29) is 39.1 Å². The highest BCUT2D eigenvalue weighted by molar-refractivity contribution is 5.76. The molecule has 0 spiro atoms. The highest BCUT2D eigenvalue weighted by Crippen LogP contribution is 2.32. The van der Waals surface area contributed by atoms with E-state index in [1.54, 1.807) is 7.11 Å². The molecule has 0 amide bonds. The summed E-state index contributed by atoms with van der Waals surface area (Å²) in [4.78, 5) is 13.8. The Morgan fingerprint density at radius 2 is 1.75 bits per heavy atom. The maximum absolute atomic E-state index is 13.8. The van der Waals surface area contributed by atoms with Crippen molar-refractivity contribution in [1.29, 1.82) is 0 Å². The average Bonchev–Trinajstić information content (AvgIpc) is 3.00. The molecule has 6 atom stereocenters. The van der Waals surface area contributed by atoms with E-state index in [9.17, 15) is 15.0 Å². The third-order valence-corrected chi connectivity index (χ3v) is 7.98. The van der Waals surface area contributed by atoms with E-state index in [1.807, 2.05) is 58.0 Å². The SMILES string of the molecule is CCC(/C=C(/C)C1C[C@@H](O)C[C@H](O)C(C)(C)c2cccc(c2)C[C@@H](OCOC)[C@H](OCOC)C(=O)O1)COCOCCOC. The summed E-state index contributed by atoms with van der Waals surface area (Å²) in [5.41, 5.74) is 1.87. The Kier molecular flexibility index (Phi) is 17.6. The lowest BCUT2D eigenvalue weighted by molar-refractivity contribution is -0.193. The number of aliphatic hydroxyl groups excluding tert-OH is 2. The first-order chi connectivity index (χ1) is 21.1. The Bertz CT molecular complexity index is 982.